The highest BCUT2D eigenvalue weighted by molar-refractivity contribution is 5.91. The van der Waals surface area contributed by atoms with E-state index in [1.165, 1.54) is 12.1 Å². The van der Waals surface area contributed by atoms with E-state index < -0.39 is 23.2 Å². The molecule has 0 fully saturated rings. The summed E-state index contributed by atoms with van der Waals surface area (Å²) in [6.07, 6.45) is 0.0750. The van der Waals surface area contributed by atoms with Crippen LogP contribution >= 0.6 is 0 Å². The van der Waals surface area contributed by atoms with Crippen LogP contribution in [-0.4, -0.2) is 32.3 Å². The molecule has 0 saturated heterocycles. The molecule has 24 heavy (non-hydrogen) atoms. The van der Waals surface area contributed by atoms with Crippen molar-refractivity contribution >= 4 is 17.6 Å². The van der Waals surface area contributed by atoms with Gasteiger partial charge in [0, 0.05) is 12.1 Å². The van der Waals surface area contributed by atoms with Crippen molar-refractivity contribution in [3.8, 4) is 17.2 Å². The number of carbonyl (C=O) groups excluding carboxylic acids is 1. The number of amides is 1. The largest absolute Gasteiger partial charge is 0.504 e. The van der Waals surface area contributed by atoms with Crippen molar-refractivity contribution in [3.05, 3.63) is 47.5 Å². The Bertz CT molecular complexity index is 772. The summed E-state index contributed by atoms with van der Waals surface area (Å²) in [4.78, 5) is 22.7. The number of benzene rings is 2. The Balaban J connectivity index is 1.97. The lowest BCUT2D eigenvalue weighted by Crippen LogP contribution is -2.12. The molecule has 0 aliphatic heterocycles. The molecule has 0 atom stereocenters. The quantitative estimate of drug-likeness (QED) is 0.515. The summed E-state index contributed by atoms with van der Waals surface area (Å²) < 4.78 is 0. The second-order valence-electron chi connectivity index (χ2n) is 5.26. The van der Waals surface area contributed by atoms with Gasteiger partial charge in [-0.25, -0.2) is 0 Å². The van der Waals surface area contributed by atoms with Crippen molar-refractivity contribution in [2.24, 2.45) is 0 Å². The number of phenols is 3. The van der Waals surface area contributed by atoms with Crippen LogP contribution in [-0.2, 0) is 22.4 Å². The number of aliphatic carboxylic acids is 1. The summed E-state index contributed by atoms with van der Waals surface area (Å²) in [5.41, 5.74) is 1.39. The maximum absolute atomic E-state index is 12.0. The molecule has 0 bridgehead atoms. The van der Waals surface area contributed by atoms with Gasteiger partial charge in [0.25, 0.3) is 0 Å². The van der Waals surface area contributed by atoms with Gasteiger partial charge in [-0.05, 0) is 35.7 Å². The zero-order chi connectivity index (χ0) is 17.7. The van der Waals surface area contributed by atoms with Crippen molar-refractivity contribution in [1.29, 1.82) is 0 Å². The molecule has 0 radical (unpaired) electrons. The van der Waals surface area contributed by atoms with E-state index in [1.54, 1.807) is 24.3 Å². The molecule has 0 saturated carbocycles. The lowest BCUT2D eigenvalue weighted by Gasteiger charge is -2.09. The predicted molar refractivity (Wildman–Crippen MR) is 86.2 cm³/mol. The van der Waals surface area contributed by atoms with E-state index in [0.717, 1.165) is 0 Å². The van der Waals surface area contributed by atoms with Crippen molar-refractivity contribution in [2.75, 3.05) is 5.32 Å². The third-order valence-electron chi connectivity index (χ3n) is 3.40. The van der Waals surface area contributed by atoms with Crippen LogP contribution in [0.25, 0.3) is 0 Å². The van der Waals surface area contributed by atoms with Crippen molar-refractivity contribution in [1.82, 2.24) is 0 Å². The van der Waals surface area contributed by atoms with E-state index in [-0.39, 0.29) is 25.2 Å². The van der Waals surface area contributed by atoms with Crippen LogP contribution in [0.4, 0.5) is 5.69 Å². The van der Waals surface area contributed by atoms with Gasteiger partial charge in [-0.15, -0.1) is 0 Å². The molecule has 1 amide bonds. The fraction of sp³-hybridized carbons (Fsp3) is 0.176. The van der Waals surface area contributed by atoms with Crippen LogP contribution in [0.15, 0.2) is 36.4 Å². The number of carbonyl (C=O) groups is 2. The van der Waals surface area contributed by atoms with E-state index in [4.69, 9.17) is 5.11 Å². The fourth-order valence-electron chi connectivity index (χ4n) is 2.22. The van der Waals surface area contributed by atoms with Crippen LogP contribution in [0.5, 0.6) is 17.2 Å². The second kappa shape index (κ2) is 7.36. The smallest absolute Gasteiger partial charge is 0.307 e. The molecular weight excluding hydrogens is 314 g/mol. The maximum Gasteiger partial charge on any atom is 0.307 e. The molecule has 0 aromatic heterocycles. The molecule has 2 rings (SSSR count). The Hall–Kier alpha value is -3.22. The van der Waals surface area contributed by atoms with Gasteiger partial charge in [0.05, 0.1) is 6.42 Å². The first-order chi connectivity index (χ1) is 11.4. The Morgan fingerprint density at radius 1 is 1.00 bits per heavy atom. The summed E-state index contributed by atoms with van der Waals surface area (Å²) in [6.45, 7) is 0. The number of hydrogen-bond acceptors (Lipinski definition) is 5. The first-order valence-corrected chi connectivity index (χ1v) is 7.20. The van der Waals surface area contributed by atoms with Crippen LogP contribution in [0.3, 0.4) is 0 Å². The van der Waals surface area contributed by atoms with E-state index in [2.05, 4.69) is 5.32 Å². The molecule has 5 N–H and O–H groups in total. The molecular formula is C17H17NO6. The first-order valence-electron chi connectivity index (χ1n) is 7.20. The van der Waals surface area contributed by atoms with Gasteiger partial charge in [0.1, 0.15) is 0 Å². The van der Waals surface area contributed by atoms with Crippen LogP contribution in [0, 0.1) is 0 Å². The number of hydrogen-bond donors (Lipinski definition) is 5. The fourth-order valence-corrected chi connectivity index (χ4v) is 2.22. The average Bonchev–Trinajstić information content (AvgIpc) is 2.51. The molecule has 0 unspecified atom stereocenters. The van der Waals surface area contributed by atoms with Gasteiger partial charge >= 0.3 is 5.97 Å². The van der Waals surface area contributed by atoms with Gasteiger partial charge in [-0.2, -0.15) is 0 Å². The van der Waals surface area contributed by atoms with Gasteiger partial charge in [0.2, 0.25) is 11.7 Å². The maximum atomic E-state index is 12.0. The van der Waals surface area contributed by atoms with Crippen molar-refractivity contribution < 1.29 is 30.0 Å². The molecule has 0 heterocycles. The van der Waals surface area contributed by atoms with E-state index in [1.807, 2.05) is 0 Å². The Labute approximate surface area is 137 Å². The van der Waals surface area contributed by atoms with Gasteiger partial charge in [-0.3, -0.25) is 9.59 Å². The average molecular weight is 331 g/mol. The van der Waals surface area contributed by atoms with Crippen LogP contribution in [0.2, 0.25) is 0 Å². The predicted octanol–water partition coefficient (Wildman–Crippen LogP) is 2.00. The lowest BCUT2D eigenvalue weighted by atomic mass is 10.1. The number of phenolic OH excluding ortho intramolecular Hbond substituents is 3. The molecule has 2 aromatic carbocycles. The number of carboxylic acid groups (broad SMARTS) is 1. The van der Waals surface area contributed by atoms with Gasteiger partial charge in [-0.1, -0.05) is 18.2 Å². The summed E-state index contributed by atoms with van der Waals surface area (Å²) in [6, 6.07) is 9.19. The number of aromatic hydroxyl groups is 3. The first kappa shape index (κ1) is 17.1. The molecule has 7 heteroatoms. The SMILES string of the molecule is O=C(O)Cc1cccc(NC(=O)CCc2ccc(O)c(O)c2O)c1. The molecule has 0 aliphatic rings. The van der Waals surface area contributed by atoms with E-state index in [0.29, 0.717) is 16.8 Å². The highest BCUT2D eigenvalue weighted by Gasteiger charge is 2.12. The number of nitrogens with one attached hydrogen (secondary N) is 1. The summed E-state index contributed by atoms with van der Waals surface area (Å²) in [5, 5.41) is 39.8. The minimum absolute atomic E-state index is 0.0426. The summed E-state index contributed by atoms with van der Waals surface area (Å²) in [5.74, 6) is -2.79. The Kier molecular flexibility index (Phi) is 5.26. The van der Waals surface area contributed by atoms with E-state index >= 15 is 0 Å². The highest BCUT2D eigenvalue weighted by Crippen LogP contribution is 2.37. The Morgan fingerprint density at radius 3 is 2.46 bits per heavy atom. The van der Waals surface area contributed by atoms with Crippen molar-refractivity contribution in [3.63, 3.8) is 0 Å². The molecule has 0 spiro atoms. The third kappa shape index (κ3) is 4.39. The molecule has 126 valence electrons. The normalized spacial score (nSPS) is 10.3. The van der Waals surface area contributed by atoms with Crippen LogP contribution < -0.4 is 5.32 Å². The van der Waals surface area contributed by atoms with E-state index in [9.17, 15) is 24.9 Å². The number of carboxylic acids is 1. The molecule has 0 aliphatic carbocycles. The minimum Gasteiger partial charge on any atom is -0.504 e. The Morgan fingerprint density at radius 2 is 1.75 bits per heavy atom. The zero-order valence-electron chi connectivity index (χ0n) is 12.7. The highest BCUT2D eigenvalue weighted by atomic mass is 16.4. The second-order valence-corrected chi connectivity index (χ2v) is 5.26. The van der Waals surface area contributed by atoms with Gasteiger partial charge in [0.15, 0.2) is 11.5 Å². The monoisotopic (exact) mass is 331 g/mol. The van der Waals surface area contributed by atoms with Crippen molar-refractivity contribution in [2.45, 2.75) is 19.3 Å². The topological polar surface area (TPSA) is 127 Å². The third-order valence-corrected chi connectivity index (χ3v) is 3.40. The zero-order valence-corrected chi connectivity index (χ0v) is 12.7. The molecule has 7 nitrogen and oxygen atoms in total. The molecule has 2 aromatic rings. The number of anilines is 1. The number of rotatable bonds is 6. The summed E-state index contributed by atoms with van der Waals surface area (Å²) >= 11 is 0. The standard InChI is InChI=1S/C17H17NO6/c19-13-6-4-11(16(23)17(13)24)5-7-14(20)18-12-3-1-2-10(8-12)9-15(21)22/h1-4,6,8,19,23-24H,5,7,9H2,(H,18,20)(H,21,22). The summed E-state index contributed by atoms with van der Waals surface area (Å²) in [7, 11) is 0. The minimum atomic E-state index is -0.957. The number of aryl methyl sites for hydroxylation is 1. The van der Waals surface area contributed by atoms with Gasteiger partial charge < -0.3 is 25.7 Å². The lowest BCUT2D eigenvalue weighted by molar-refractivity contribution is -0.136. The van der Waals surface area contributed by atoms with Crippen LogP contribution in [0.1, 0.15) is 17.5 Å².